The number of ether oxygens (including phenoxy) is 1. The molecular weight excluding hydrogens is 413 g/mol. The van der Waals surface area contributed by atoms with Gasteiger partial charge in [0.05, 0.1) is 35.5 Å². The molecule has 1 saturated heterocycles. The topological polar surface area (TPSA) is 72.4 Å². The number of nitrogens with one attached hydrogen (secondary N) is 2. The molecule has 6 nitrogen and oxygen atoms in total. The number of carbonyl (C=O) groups excluding carboxylic acids is 1. The van der Waals surface area contributed by atoms with E-state index in [1.165, 1.54) is 10.6 Å². The van der Waals surface area contributed by atoms with E-state index in [2.05, 4.69) is 10.6 Å². The van der Waals surface area contributed by atoms with E-state index < -0.39 is 0 Å². The standard InChI is InChI=1S/C18H19Cl2N3O3.ClH/c19-15-3-1-12(7-16(15)20)9-23-10-13(2-4-18(23)25)22-17(24)8-14-11-26-6-5-21-14;/h1-4,7,10,14,21H,5-6,8-9,11H2,(H,22,24);1H. The molecule has 2 aromatic rings. The molecule has 1 aliphatic rings. The average Bonchev–Trinajstić information content (AvgIpc) is 2.62. The maximum absolute atomic E-state index is 12.2. The second kappa shape index (κ2) is 10.1. The second-order valence-corrected chi connectivity index (χ2v) is 6.93. The van der Waals surface area contributed by atoms with E-state index in [9.17, 15) is 9.59 Å². The van der Waals surface area contributed by atoms with Crippen molar-refractivity contribution >= 4 is 47.2 Å². The first-order valence-electron chi connectivity index (χ1n) is 8.26. The third-order valence-electron chi connectivity index (χ3n) is 4.03. The van der Waals surface area contributed by atoms with Crippen molar-refractivity contribution in [2.24, 2.45) is 0 Å². The molecule has 2 N–H and O–H groups in total. The molecule has 1 aliphatic heterocycles. The minimum Gasteiger partial charge on any atom is -0.378 e. The fraction of sp³-hybridized carbons (Fsp3) is 0.333. The Balaban J connectivity index is 0.00000261. The maximum Gasteiger partial charge on any atom is 0.250 e. The number of pyridine rings is 1. The van der Waals surface area contributed by atoms with Gasteiger partial charge in [-0.15, -0.1) is 12.4 Å². The number of amides is 1. The van der Waals surface area contributed by atoms with Crippen molar-refractivity contribution < 1.29 is 9.53 Å². The SMILES string of the molecule is Cl.O=C(CC1COCCN1)Nc1ccc(=O)n(Cc2ccc(Cl)c(Cl)c2)c1. The second-order valence-electron chi connectivity index (χ2n) is 6.11. The summed E-state index contributed by atoms with van der Waals surface area (Å²) in [6.45, 7) is 2.26. The lowest BCUT2D eigenvalue weighted by Gasteiger charge is -2.23. The predicted molar refractivity (Wildman–Crippen MR) is 109 cm³/mol. The highest BCUT2D eigenvalue weighted by Gasteiger charge is 2.17. The number of rotatable bonds is 5. The monoisotopic (exact) mass is 431 g/mol. The van der Waals surface area contributed by atoms with Crippen molar-refractivity contribution in [2.75, 3.05) is 25.1 Å². The number of hydrogen-bond donors (Lipinski definition) is 2. The van der Waals surface area contributed by atoms with Gasteiger partial charge >= 0.3 is 0 Å². The van der Waals surface area contributed by atoms with Crippen LogP contribution in [0.4, 0.5) is 5.69 Å². The van der Waals surface area contributed by atoms with Crippen molar-refractivity contribution in [3.8, 4) is 0 Å². The summed E-state index contributed by atoms with van der Waals surface area (Å²) in [5, 5.41) is 6.95. The Hall–Kier alpha value is -1.57. The number of morpholine rings is 1. The molecule has 1 amide bonds. The Labute approximate surface area is 173 Å². The summed E-state index contributed by atoms with van der Waals surface area (Å²) in [5.41, 5.74) is 1.23. The summed E-state index contributed by atoms with van der Waals surface area (Å²) in [7, 11) is 0. The van der Waals surface area contributed by atoms with Gasteiger partial charge < -0.3 is 19.9 Å². The lowest BCUT2D eigenvalue weighted by molar-refractivity contribution is -0.117. The molecule has 9 heteroatoms. The van der Waals surface area contributed by atoms with Gasteiger partial charge in [0.15, 0.2) is 0 Å². The zero-order valence-corrected chi connectivity index (χ0v) is 16.7. The average molecular weight is 433 g/mol. The number of anilines is 1. The van der Waals surface area contributed by atoms with Crippen LogP contribution >= 0.6 is 35.6 Å². The van der Waals surface area contributed by atoms with Crippen LogP contribution in [-0.4, -0.2) is 36.3 Å². The normalized spacial score (nSPS) is 16.4. The smallest absolute Gasteiger partial charge is 0.250 e. The van der Waals surface area contributed by atoms with Gasteiger partial charge in [-0.25, -0.2) is 0 Å². The number of aromatic nitrogens is 1. The third-order valence-corrected chi connectivity index (χ3v) is 4.77. The molecule has 1 aromatic carbocycles. The van der Waals surface area contributed by atoms with Crippen LogP contribution in [0.25, 0.3) is 0 Å². The van der Waals surface area contributed by atoms with Gasteiger partial charge in [-0.2, -0.15) is 0 Å². The molecule has 0 aliphatic carbocycles. The first-order chi connectivity index (χ1) is 12.5. The van der Waals surface area contributed by atoms with Crippen molar-refractivity contribution in [1.82, 2.24) is 9.88 Å². The third kappa shape index (κ3) is 6.23. The van der Waals surface area contributed by atoms with E-state index >= 15 is 0 Å². The van der Waals surface area contributed by atoms with Gasteiger partial charge in [-0.1, -0.05) is 29.3 Å². The molecule has 1 fully saturated rings. The molecule has 1 unspecified atom stereocenters. The molecular formula is C18H20Cl3N3O3. The van der Waals surface area contributed by atoms with Crippen LogP contribution in [0.2, 0.25) is 10.0 Å². The van der Waals surface area contributed by atoms with E-state index in [-0.39, 0.29) is 29.9 Å². The van der Waals surface area contributed by atoms with Crippen molar-refractivity contribution in [3.05, 3.63) is 62.5 Å². The van der Waals surface area contributed by atoms with E-state index in [1.54, 1.807) is 30.5 Å². The summed E-state index contributed by atoms with van der Waals surface area (Å²) in [6.07, 6.45) is 1.93. The van der Waals surface area contributed by atoms with E-state index in [0.717, 1.165) is 12.1 Å². The number of carbonyl (C=O) groups is 1. The van der Waals surface area contributed by atoms with Crippen LogP contribution in [0.5, 0.6) is 0 Å². The first-order valence-corrected chi connectivity index (χ1v) is 9.02. The van der Waals surface area contributed by atoms with E-state index in [4.69, 9.17) is 27.9 Å². The minimum absolute atomic E-state index is 0. The Morgan fingerprint density at radius 3 is 2.78 bits per heavy atom. The molecule has 0 radical (unpaired) electrons. The quantitative estimate of drug-likeness (QED) is 0.762. The lowest BCUT2D eigenvalue weighted by atomic mass is 10.2. The Morgan fingerprint density at radius 1 is 1.26 bits per heavy atom. The Kier molecular flexibility index (Phi) is 8.13. The number of nitrogens with zero attached hydrogens (tertiary/aromatic N) is 1. The maximum atomic E-state index is 12.2. The number of halogens is 3. The number of hydrogen-bond acceptors (Lipinski definition) is 4. The minimum atomic E-state index is -0.170. The van der Waals surface area contributed by atoms with Crippen molar-refractivity contribution in [1.29, 1.82) is 0 Å². The Bertz CT molecular complexity index is 851. The highest BCUT2D eigenvalue weighted by molar-refractivity contribution is 6.42. The highest BCUT2D eigenvalue weighted by atomic mass is 35.5. The van der Waals surface area contributed by atoms with Crippen LogP contribution in [0, 0.1) is 0 Å². The summed E-state index contributed by atoms with van der Waals surface area (Å²) in [4.78, 5) is 24.3. The summed E-state index contributed by atoms with van der Waals surface area (Å²) < 4.78 is 6.86. The van der Waals surface area contributed by atoms with Crippen LogP contribution < -0.4 is 16.2 Å². The molecule has 1 aromatic heterocycles. The molecule has 3 rings (SSSR count). The lowest BCUT2D eigenvalue weighted by Crippen LogP contribution is -2.43. The summed E-state index contributed by atoms with van der Waals surface area (Å²) >= 11 is 11.9. The van der Waals surface area contributed by atoms with Gasteiger partial charge in [0.1, 0.15) is 0 Å². The van der Waals surface area contributed by atoms with Crippen LogP contribution in [0.1, 0.15) is 12.0 Å². The van der Waals surface area contributed by atoms with Gasteiger partial charge in [0.2, 0.25) is 5.91 Å². The molecule has 0 saturated carbocycles. The van der Waals surface area contributed by atoms with Crippen LogP contribution in [0.3, 0.4) is 0 Å². The van der Waals surface area contributed by atoms with Crippen LogP contribution in [-0.2, 0) is 16.1 Å². The van der Waals surface area contributed by atoms with Gasteiger partial charge in [0, 0.05) is 31.3 Å². The Morgan fingerprint density at radius 2 is 2.07 bits per heavy atom. The van der Waals surface area contributed by atoms with Gasteiger partial charge in [-0.3, -0.25) is 9.59 Å². The molecule has 0 spiro atoms. The van der Waals surface area contributed by atoms with Gasteiger partial charge in [0.25, 0.3) is 5.56 Å². The zero-order chi connectivity index (χ0) is 18.5. The fourth-order valence-electron chi connectivity index (χ4n) is 2.75. The summed E-state index contributed by atoms with van der Waals surface area (Å²) in [5.74, 6) is -0.132. The fourth-order valence-corrected chi connectivity index (χ4v) is 3.07. The van der Waals surface area contributed by atoms with Crippen molar-refractivity contribution in [2.45, 2.75) is 19.0 Å². The predicted octanol–water partition coefficient (Wildman–Crippen LogP) is 2.94. The molecule has 146 valence electrons. The van der Waals surface area contributed by atoms with E-state index in [1.807, 2.05) is 0 Å². The zero-order valence-electron chi connectivity index (χ0n) is 14.4. The first kappa shape index (κ1) is 21.7. The van der Waals surface area contributed by atoms with Gasteiger partial charge in [-0.05, 0) is 23.8 Å². The largest absolute Gasteiger partial charge is 0.378 e. The molecule has 0 bridgehead atoms. The number of benzene rings is 1. The molecule has 27 heavy (non-hydrogen) atoms. The van der Waals surface area contributed by atoms with Crippen molar-refractivity contribution in [3.63, 3.8) is 0 Å². The van der Waals surface area contributed by atoms with Crippen LogP contribution in [0.15, 0.2) is 41.3 Å². The highest BCUT2D eigenvalue weighted by Crippen LogP contribution is 2.23. The molecule has 2 heterocycles. The summed E-state index contributed by atoms with van der Waals surface area (Å²) in [6, 6.07) is 8.24. The van der Waals surface area contributed by atoms with E-state index in [0.29, 0.717) is 41.9 Å². The molecule has 1 atom stereocenters.